The number of amides is 1. The number of nitrogens with zero attached hydrogens (tertiary/aromatic N) is 6. The first kappa shape index (κ1) is 20.2. The Hall–Kier alpha value is -3.69. The number of rotatable bonds is 7. The van der Waals surface area contributed by atoms with Crippen LogP contribution in [0.15, 0.2) is 37.8 Å². The summed E-state index contributed by atoms with van der Waals surface area (Å²) in [5.74, 6) is 4.14. The first-order chi connectivity index (χ1) is 15.4. The number of hydrogen-bond acceptors (Lipinski definition) is 7. The third-order valence-corrected chi connectivity index (χ3v) is 6.58. The zero-order valence-electron chi connectivity index (χ0n) is 18.5. The fourth-order valence-electron chi connectivity index (χ4n) is 4.89. The third kappa shape index (κ3) is 3.14. The van der Waals surface area contributed by atoms with E-state index in [0.717, 1.165) is 36.8 Å². The highest BCUT2D eigenvalue weighted by Crippen LogP contribution is 2.52. The van der Waals surface area contributed by atoms with Crippen molar-refractivity contribution in [2.45, 2.75) is 0 Å². The quantitative estimate of drug-likeness (QED) is 0.659. The number of aromatic nitrogens is 4. The molecule has 1 amide bonds. The van der Waals surface area contributed by atoms with Crippen LogP contribution >= 0.6 is 0 Å². The number of hydrogen-bond donors (Lipinski definition) is 1. The van der Waals surface area contributed by atoms with Gasteiger partial charge in [-0.25, -0.2) is 9.55 Å². The van der Waals surface area contributed by atoms with Gasteiger partial charge in [0.05, 0.1) is 32.3 Å². The van der Waals surface area contributed by atoms with E-state index in [2.05, 4.69) is 33.5 Å². The summed E-state index contributed by atoms with van der Waals surface area (Å²) in [5, 5.41) is 7.72. The minimum absolute atomic E-state index is 0.0166. The lowest BCUT2D eigenvalue weighted by Crippen LogP contribution is -2.33. The van der Waals surface area contributed by atoms with E-state index in [-0.39, 0.29) is 5.91 Å². The van der Waals surface area contributed by atoms with Crippen molar-refractivity contribution in [3.8, 4) is 11.8 Å². The largest absolute Gasteiger partial charge is 0.481 e. The molecule has 2 aliphatic heterocycles. The summed E-state index contributed by atoms with van der Waals surface area (Å²) < 4.78 is 14.5. The zero-order valence-corrected chi connectivity index (χ0v) is 18.5. The normalized spacial score (nSPS) is 23.4. The van der Waals surface area contributed by atoms with Crippen LogP contribution < -0.4 is 14.8 Å². The highest BCUT2D eigenvalue weighted by molar-refractivity contribution is 5.87. The Balaban J connectivity index is 1.39. The van der Waals surface area contributed by atoms with Crippen LogP contribution in [0.1, 0.15) is 5.82 Å². The van der Waals surface area contributed by atoms with Crippen LogP contribution in [-0.2, 0) is 11.8 Å². The number of ether oxygens (including phenoxy) is 2. The summed E-state index contributed by atoms with van der Waals surface area (Å²) in [6.45, 7) is 10.3. The Morgan fingerprint density at radius 3 is 2.72 bits per heavy atom. The van der Waals surface area contributed by atoms with Crippen LogP contribution in [0.2, 0.25) is 0 Å². The van der Waals surface area contributed by atoms with E-state index in [1.54, 1.807) is 25.1 Å². The molecule has 2 fully saturated rings. The molecule has 0 aromatic carbocycles. The molecule has 0 spiro atoms. The molecule has 2 unspecified atom stereocenters. The van der Waals surface area contributed by atoms with Crippen molar-refractivity contribution >= 4 is 23.1 Å². The first-order valence-electron chi connectivity index (χ1n) is 10.5. The van der Waals surface area contributed by atoms with Gasteiger partial charge in [-0.2, -0.15) is 0 Å². The summed E-state index contributed by atoms with van der Waals surface area (Å²) in [6, 6.07) is 0. The van der Waals surface area contributed by atoms with E-state index >= 15 is 0 Å². The van der Waals surface area contributed by atoms with Gasteiger partial charge in [-0.3, -0.25) is 9.48 Å². The van der Waals surface area contributed by atoms with Crippen molar-refractivity contribution in [1.82, 2.24) is 29.1 Å². The molecule has 1 saturated heterocycles. The van der Waals surface area contributed by atoms with Crippen LogP contribution in [0.5, 0.6) is 11.8 Å². The molecular weight excluding hydrogens is 410 g/mol. The van der Waals surface area contributed by atoms with E-state index in [1.807, 2.05) is 28.9 Å². The fraction of sp³-hybridized carbons (Fsp3) is 0.409. The highest BCUT2D eigenvalue weighted by Gasteiger charge is 2.56. The Morgan fingerprint density at radius 2 is 2.06 bits per heavy atom. The number of likely N-dealkylation sites (tertiary alicyclic amines) is 1. The molecule has 4 heterocycles. The van der Waals surface area contributed by atoms with Crippen molar-refractivity contribution in [3.63, 3.8) is 0 Å². The second kappa shape index (κ2) is 7.47. The molecular formula is C22H27N7O3. The van der Waals surface area contributed by atoms with Gasteiger partial charge in [0.2, 0.25) is 11.8 Å². The van der Waals surface area contributed by atoms with Crippen LogP contribution in [0.4, 0.5) is 5.69 Å². The summed E-state index contributed by atoms with van der Waals surface area (Å²) in [6.07, 6.45) is 6.96. The maximum Gasteiger partial charge on any atom is 0.256 e. The van der Waals surface area contributed by atoms with Gasteiger partial charge in [-0.1, -0.05) is 13.2 Å². The number of methoxy groups -OCH3 is 2. The average molecular weight is 438 g/mol. The third-order valence-electron chi connectivity index (χ3n) is 6.58. The summed E-state index contributed by atoms with van der Waals surface area (Å²) in [4.78, 5) is 20.5. The number of imidazole rings is 1. The van der Waals surface area contributed by atoms with Gasteiger partial charge in [0.25, 0.3) is 5.88 Å². The monoisotopic (exact) mass is 437 g/mol. The second-order valence-corrected chi connectivity index (χ2v) is 8.36. The molecule has 5 rings (SSSR count). The maximum atomic E-state index is 11.9. The minimum atomic E-state index is 0.0166. The number of carbonyl (C=O) groups is 1. The van der Waals surface area contributed by atoms with E-state index in [0.29, 0.717) is 35.3 Å². The van der Waals surface area contributed by atoms with Crippen molar-refractivity contribution in [3.05, 3.63) is 43.7 Å². The van der Waals surface area contributed by atoms with Gasteiger partial charge in [0.15, 0.2) is 5.82 Å². The summed E-state index contributed by atoms with van der Waals surface area (Å²) in [7, 11) is 5.05. The van der Waals surface area contributed by atoms with E-state index in [9.17, 15) is 4.79 Å². The Kier molecular flexibility index (Phi) is 4.72. The Labute approximate surface area is 186 Å². The molecule has 32 heavy (non-hydrogen) atoms. The lowest BCUT2D eigenvalue weighted by Gasteiger charge is -2.31. The van der Waals surface area contributed by atoms with Gasteiger partial charge >= 0.3 is 0 Å². The van der Waals surface area contributed by atoms with Crippen molar-refractivity contribution < 1.29 is 14.3 Å². The zero-order chi connectivity index (χ0) is 22.6. The van der Waals surface area contributed by atoms with Crippen LogP contribution in [-0.4, -0.2) is 68.9 Å². The first-order valence-corrected chi connectivity index (χ1v) is 10.5. The molecule has 2 aromatic heterocycles. The van der Waals surface area contributed by atoms with E-state index in [4.69, 9.17) is 9.47 Å². The molecule has 1 saturated carbocycles. The molecule has 2 aromatic rings. The highest BCUT2D eigenvalue weighted by atomic mass is 16.5. The van der Waals surface area contributed by atoms with Gasteiger partial charge in [0, 0.05) is 32.9 Å². The Bertz CT molecular complexity index is 1120. The smallest absolute Gasteiger partial charge is 0.256 e. The van der Waals surface area contributed by atoms with Gasteiger partial charge in [0.1, 0.15) is 11.5 Å². The van der Waals surface area contributed by atoms with Gasteiger partial charge < -0.3 is 24.6 Å². The number of fused-ring (bicyclic) bond motifs is 2. The van der Waals surface area contributed by atoms with Crippen LogP contribution in [0, 0.1) is 17.8 Å². The number of carbonyl (C=O) groups excluding carboxylic acids is 1. The minimum Gasteiger partial charge on any atom is -0.481 e. The summed E-state index contributed by atoms with van der Waals surface area (Å²) in [5.41, 5.74) is 1.53. The lowest BCUT2D eigenvalue weighted by atomic mass is 10.2. The van der Waals surface area contributed by atoms with Gasteiger partial charge in [-0.15, -0.1) is 5.10 Å². The predicted octanol–water partition coefficient (Wildman–Crippen LogP) is 1.68. The molecule has 10 nitrogen and oxygen atoms in total. The molecule has 0 radical (unpaired) electrons. The van der Waals surface area contributed by atoms with Crippen molar-refractivity contribution in [2.75, 3.05) is 39.2 Å². The molecule has 1 N–H and O–H groups in total. The molecule has 10 heteroatoms. The van der Waals surface area contributed by atoms with Crippen molar-refractivity contribution in [2.24, 2.45) is 24.8 Å². The number of anilines is 1. The van der Waals surface area contributed by atoms with Crippen LogP contribution in [0.25, 0.3) is 11.5 Å². The number of piperidine rings is 1. The van der Waals surface area contributed by atoms with Crippen molar-refractivity contribution in [1.29, 1.82) is 0 Å². The van der Waals surface area contributed by atoms with E-state index in [1.165, 1.54) is 6.08 Å². The predicted molar refractivity (Wildman–Crippen MR) is 119 cm³/mol. The average Bonchev–Trinajstić information content (AvgIpc) is 3.22. The Morgan fingerprint density at radius 1 is 1.31 bits per heavy atom. The molecule has 3 aliphatic rings. The summed E-state index contributed by atoms with van der Waals surface area (Å²) >= 11 is 0. The fourth-order valence-corrected chi connectivity index (χ4v) is 4.89. The topological polar surface area (TPSA) is 89.7 Å². The standard InChI is InChI=1S/C22H27N7O3/c1-6-19(30)28-9-15-14(16(15)10-28)8-27-12-17(24-18-11-26(3)25-22(18)32-5)21-23-7-20(31-4)29(21)13(27)2/h6-7,11-12,14-16,24H,1-2,8-10H2,3-5H3. The molecule has 2 atom stereocenters. The molecule has 0 bridgehead atoms. The second-order valence-electron chi connectivity index (χ2n) is 8.36. The number of nitrogens with one attached hydrogen (secondary N) is 1. The molecule has 168 valence electrons. The van der Waals surface area contributed by atoms with Crippen LogP contribution in [0.3, 0.4) is 0 Å². The van der Waals surface area contributed by atoms with Gasteiger partial charge in [-0.05, 0) is 23.8 Å². The molecule has 1 aliphatic carbocycles. The SMILES string of the molecule is C=CC(=O)N1CC2C(CN3C=C(Nc4cn(C)nc4OC)c4ncc(OC)n4C3=C)C2C1. The lowest BCUT2D eigenvalue weighted by molar-refractivity contribution is -0.125. The maximum absolute atomic E-state index is 11.9. The number of aryl methyl sites for hydroxylation is 1. The van der Waals surface area contributed by atoms with E-state index < -0.39 is 0 Å².